The topological polar surface area (TPSA) is 50.2 Å². The highest BCUT2D eigenvalue weighted by Crippen LogP contribution is 2.19. The number of aromatic nitrogens is 2. The van der Waals surface area contributed by atoms with Gasteiger partial charge in [0, 0.05) is 38.6 Å². The number of piperidine rings is 1. The molecule has 0 saturated carbocycles. The summed E-state index contributed by atoms with van der Waals surface area (Å²) in [6.07, 6.45) is 14.0. The molecular weight excluding hydrogens is 276 g/mol. The van der Waals surface area contributed by atoms with E-state index in [9.17, 15) is 4.79 Å². The lowest BCUT2D eigenvalue weighted by Gasteiger charge is -2.34. The van der Waals surface area contributed by atoms with Gasteiger partial charge < -0.3 is 14.8 Å². The third-order valence-corrected chi connectivity index (χ3v) is 4.79. The van der Waals surface area contributed by atoms with Crippen LogP contribution in [0.4, 0.5) is 5.82 Å². The molecule has 0 amide bonds. The van der Waals surface area contributed by atoms with Crippen LogP contribution >= 0.6 is 0 Å². The van der Waals surface area contributed by atoms with Crippen molar-refractivity contribution in [2.75, 3.05) is 24.5 Å². The van der Waals surface area contributed by atoms with Crippen molar-refractivity contribution in [3.8, 4) is 0 Å². The van der Waals surface area contributed by atoms with E-state index in [-0.39, 0.29) is 5.56 Å². The van der Waals surface area contributed by atoms with Crippen LogP contribution in [-0.4, -0.2) is 35.2 Å². The van der Waals surface area contributed by atoms with Gasteiger partial charge in [0.25, 0.3) is 5.56 Å². The fourth-order valence-corrected chi connectivity index (χ4v) is 3.41. The second-order valence-electron chi connectivity index (χ2n) is 6.51. The van der Waals surface area contributed by atoms with E-state index in [0.29, 0.717) is 11.9 Å². The van der Waals surface area contributed by atoms with Crippen LogP contribution in [0.2, 0.25) is 0 Å². The van der Waals surface area contributed by atoms with E-state index in [1.807, 2.05) is 0 Å². The van der Waals surface area contributed by atoms with Gasteiger partial charge in [-0.25, -0.2) is 4.98 Å². The van der Waals surface area contributed by atoms with Gasteiger partial charge in [-0.3, -0.25) is 4.79 Å². The fraction of sp³-hybridized carbons (Fsp3) is 0.647. The minimum absolute atomic E-state index is 0.000526. The van der Waals surface area contributed by atoms with Crippen LogP contribution in [0.15, 0.2) is 29.3 Å². The highest BCUT2D eigenvalue weighted by molar-refractivity contribution is 5.36. The van der Waals surface area contributed by atoms with E-state index in [1.54, 1.807) is 24.0 Å². The molecule has 5 nitrogen and oxygen atoms in total. The fourth-order valence-electron chi connectivity index (χ4n) is 3.41. The lowest BCUT2D eigenvalue weighted by atomic mass is 9.94. The molecule has 1 fully saturated rings. The monoisotopic (exact) mass is 302 g/mol. The molecule has 0 unspecified atom stereocenters. The van der Waals surface area contributed by atoms with Crippen molar-refractivity contribution in [3.05, 3.63) is 34.9 Å². The molecule has 1 aromatic rings. The third kappa shape index (κ3) is 3.58. The lowest BCUT2D eigenvalue weighted by Crippen LogP contribution is -2.48. The maximum atomic E-state index is 12.2. The summed E-state index contributed by atoms with van der Waals surface area (Å²) in [7, 11) is 1.78. The van der Waals surface area contributed by atoms with Gasteiger partial charge in [-0.05, 0) is 44.6 Å². The molecule has 22 heavy (non-hydrogen) atoms. The Morgan fingerprint density at radius 3 is 3.09 bits per heavy atom. The highest BCUT2D eigenvalue weighted by Gasteiger charge is 2.23. The van der Waals surface area contributed by atoms with Gasteiger partial charge in [-0.2, -0.15) is 0 Å². The average Bonchev–Trinajstić information content (AvgIpc) is 2.57. The number of aryl methyl sites for hydroxylation is 1. The molecular formula is C17H26N4O. The summed E-state index contributed by atoms with van der Waals surface area (Å²) in [6, 6.07) is 0.464. The van der Waals surface area contributed by atoms with Gasteiger partial charge in [-0.15, -0.1) is 0 Å². The molecule has 0 aromatic carbocycles. The van der Waals surface area contributed by atoms with Gasteiger partial charge in [0.05, 0.1) is 0 Å². The maximum absolute atomic E-state index is 12.2. The zero-order valence-electron chi connectivity index (χ0n) is 13.4. The first-order valence-electron chi connectivity index (χ1n) is 8.39. The summed E-state index contributed by atoms with van der Waals surface area (Å²) < 4.78 is 1.60. The van der Waals surface area contributed by atoms with E-state index in [4.69, 9.17) is 0 Å². The molecule has 2 atom stereocenters. The number of rotatable bonds is 4. The van der Waals surface area contributed by atoms with Crippen molar-refractivity contribution >= 4 is 5.82 Å². The van der Waals surface area contributed by atoms with Crippen LogP contribution in [0.25, 0.3) is 0 Å². The summed E-state index contributed by atoms with van der Waals surface area (Å²) in [6.45, 7) is 2.90. The Kier molecular flexibility index (Phi) is 4.93. The van der Waals surface area contributed by atoms with Crippen LogP contribution in [0.1, 0.15) is 32.1 Å². The van der Waals surface area contributed by atoms with E-state index >= 15 is 0 Å². The first-order chi connectivity index (χ1) is 10.7. The number of anilines is 1. The van der Waals surface area contributed by atoms with E-state index in [2.05, 4.69) is 27.4 Å². The standard InChI is InChI=1S/C17H26N4O/c1-20-11-9-18-16(17(20)22)21-10-5-8-15(13-21)19-12-14-6-3-2-4-7-14/h2-3,9,11,14-15,19H,4-8,10,12-13H2,1H3/t14-,15+/m1/s1. The molecule has 0 spiro atoms. The predicted octanol–water partition coefficient (Wildman–Crippen LogP) is 1.70. The normalized spacial score (nSPS) is 25.4. The largest absolute Gasteiger partial charge is 0.350 e. The van der Waals surface area contributed by atoms with E-state index in [0.717, 1.165) is 32.0 Å². The maximum Gasteiger partial charge on any atom is 0.293 e. The van der Waals surface area contributed by atoms with Gasteiger partial charge in [0.15, 0.2) is 5.82 Å². The number of allylic oxidation sites excluding steroid dienone is 2. The Morgan fingerprint density at radius 1 is 1.36 bits per heavy atom. The van der Waals surface area contributed by atoms with Crippen molar-refractivity contribution in [3.63, 3.8) is 0 Å². The Balaban J connectivity index is 1.58. The summed E-state index contributed by atoms with van der Waals surface area (Å²) in [4.78, 5) is 18.7. The summed E-state index contributed by atoms with van der Waals surface area (Å²) in [5.41, 5.74) is 0.000526. The minimum atomic E-state index is 0.000526. The molecule has 2 aliphatic rings. The van der Waals surface area contributed by atoms with Gasteiger partial charge in [0.1, 0.15) is 0 Å². The van der Waals surface area contributed by atoms with Crippen LogP contribution in [0.3, 0.4) is 0 Å². The second-order valence-corrected chi connectivity index (χ2v) is 6.51. The van der Waals surface area contributed by atoms with Crippen LogP contribution < -0.4 is 15.8 Å². The third-order valence-electron chi connectivity index (χ3n) is 4.79. The van der Waals surface area contributed by atoms with Crippen LogP contribution in [-0.2, 0) is 7.05 Å². The highest BCUT2D eigenvalue weighted by atomic mass is 16.1. The molecule has 2 heterocycles. The molecule has 0 radical (unpaired) electrons. The zero-order chi connectivity index (χ0) is 15.4. The average molecular weight is 302 g/mol. The number of nitrogens with zero attached hydrogens (tertiary/aromatic N) is 3. The van der Waals surface area contributed by atoms with E-state index < -0.39 is 0 Å². The van der Waals surface area contributed by atoms with Crippen LogP contribution in [0.5, 0.6) is 0 Å². The molecule has 1 saturated heterocycles. The Morgan fingerprint density at radius 2 is 2.27 bits per heavy atom. The van der Waals surface area contributed by atoms with Crippen molar-refractivity contribution in [1.29, 1.82) is 0 Å². The molecule has 120 valence electrons. The summed E-state index contributed by atoms with van der Waals surface area (Å²) >= 11 is 0. The van der Waals surface area contributed by atoms with Gasteiger partial charge in [0.2, 0.25) is 0 Å². The molecule has 3 rings (SSSR count). The zero-order valence-corrected chi connectivity index (χ0v) is 13.4. The first kappa shape index (κ1) is 15.3. The van der Waals surface area contributed by atoms with Crippen molar-refractivity contribution in [2.24, 2.45) is 13.0 Å². The van der Waals surface area contributed by atoms with Crippen molar-refractivity contribution < 1.29 is 0 Å². The first-order valence-corrected chi connectivity index (χ1v) is 8.39. The number of nitrogens with one attached hydrogen (secondary N) is 1. The molecule has 1 aliphatic carbocycles. The predicted molar refractivity (Wildman–Crippen MR) is 89.2 cm³/mol. The van der Waals surface area contributed by atoms with Gasteiger partial charge >= 0.3 is 0 Å². The number of hydrogen-bond donors (Lipinski definition) is 1. The van der Waals surface area contributed by atoms with Crippen molar-refractivity contribution in [2.45, 2.75) is 38.1 Å². The Hall–Kier alpha value is -1.62. The summed E-state index contributed by atoms with van der Waals surface area (Å²) in [5.74, 6) is 1.36. The quantitative estimate of drug-likeness (QED) is 0.860. The molecule has 5 heteroatoms. The number of hydrogen-bond acceptors (Lipinski definition) is 4. The second kappa shape index (κ2) is 7.09. The van der Waals surface area contributed by atoms with Crippen LogP contribution in [0, 0.1) is 5.92 Å². The Labute approximate surface area is 132 Å². The molecule has 1 aromatic heterocycles. The SMILES string of the molecule is Cn1ccnc(N2CCC[C@H](NC[C@@H]3CC=CCC3)C2)c1=O. The smallest absolute Gasteiger partial charge is 0.293 e. The molecule has 1 N–H and O–H groups in total. The molecule has 1 aliphatic heterocycles. The van der Waals surface area contributed by atoms with Gasteiger partial charge in [-0.1, -0.05) is 12.2 Å². The Bertz CT molecular complexity index is 580. The minimum Gasteiger partial charge on any atom is -0.350 e. The van der Waals surface area contributed by atoms with Crippen molar-refractivity contribution in [1.82, 2.24) is 14.9 Å². The lowest BCUT2D eigenvalue weighted by molar-refractivity contribution is 0.366. The molecule has 0 bridgehead atoms. The van der Waals surface area contributed by atoms with E-state index in [1.165, 1.54) is 25.7 Å². The summed E-state index contributed by atoms with van der Waals surface area (Å²) in [5, 5.41) is 3.71.